The number of aliphatic hydroxyl groups is 1. The van der Waals surface area contributed by atoms with Gasteiger partial charge in [0, 0.05) is 32.1 Å². The van der Waals surface area contributed by atoms with Gasteiger partial charge in [0.1, 0.15) is 6.61 Å². The van der Waals surface area contributed by atoms with Crippen molar-refractivity contribution in [2.75, 3.05) is 39.4 Å². The van der Waals surface area contributed by atoms with Crippen molar-refractivity contribution in [3.63, 3.8) is 0 Å². The summed E-state index contributed by atoms with van der Waals surface area (Å²) < 4.78 is 4.82. The summed E-state index contributed by atoms with van der Waals surface area (Å²) in [5, 5.41) is 8.55. The lowest BCUT2D eigenvalue weighted by Crippen LogP contribution is -2.51. The number of rotatable bonds is 3. The predicted molar refractivity (Wildman–Crippen MR) is 59.3 cm³/mol. The molecule has 0 aromatic rings. The van der Waals surface area contributed by atoms with Gasteiger partial charge in [0.2, 0.25) is 5.91 Å². The SMILES string of the molecule is O=C(OCCO)N1CCN(C(=O)C2CC2)CC1. The van der Waals surface area contributed by atoms with E-state index in [9.17, 15) is 9.59 Å². The zero-order valence-corrected chi connectivity index (χ0v) is 9.80. The van der Waals surface area contributed by atoms with Gasteiger partial charge in [-0.2, -0.15) is 0 Å². The van der Waals surface area contributed by atoms with E-state index in [1.807, 2.05) is 4.90 Å². The first-order valence-electron chi connectivity index (χ1n) is 6.03. The van der Waals surface area contributed by atoms with Gasteiger partial charge in [-0.1, -0.05) is 0 Å². The maximum atomic E-state index is 11.8. The minimum atomic E-state index is -0.405. The van der Waals surface area contributed by atoms with Crippen LogP contribution in [0.4, 0.5) is 4.79 Å². The van der Waals surface area contributed by atoms with Gasteiger partial charge in [-0.15, -0.1) is 0 Å². The number of piperazine rings is 1. The molecule has 1 saturated carbocycles. The summed E-state index contributed by atoms with van der Waals surface area (Å²) in [4.78, 5) is 26.6. The predicted octanol–water partition coefficient (Wildman–Crippen LogP) is -0.331. The van der Waals surface area contributed by atoms with E-state index in [-0.39, 0.29) is 25.0 Å². The van der Waals surface area contributed by atoms with Gasteiger partial charge in [-0.25, -0.2) is 4.79 Å². The number of ether oxygens (including phenoxy) is 1. The van der Waals surface area contributed by atoms with Crippen molar-refractivity contribution in [2.45, 2.75) is 12.8 Å². The van der Waals surface area contributed by atoms with Gasteiger partial charge < -0.3 is 19.6 Å². The first kappa shape index (κ1) is 12.2. The fraction of sp³-hybridized carbons (Fsp3) is 0.818. The molecule has 6 heteroatoms. The fourth-order valence-corrected chi connectivity index (χ4v) is 1.92. The Kier molecular flexibility index (Phi) is 3.83. The molecule has 2 fully saturated rings. The van der Waals surface area contributed by atoms with Crippen LogP contribution in [-0.4, -0.2) is 66.3 Å². The van der Waals surface area contributed by atoms with Crippen LogP contribution in [0.1, 0.15) is 12.8 Å². The average molecular weight is 242 g/mol. The molecule has 0 unspecified atom stereocenters. The number of hydrogen-bond donors (Lipinski definition) is 1. The fourth-order valence-electron chi connectivity index (χ4n) is 1.92. The molecule has 1 aliphatic carbocycles. The molecule has 96 valence electrons. The zero-order valence-electron chi connectivity index (χ0n) is 9.80. The molecule has 2 rings (SSSR count). The first-order valence-corrected chi connectivity index (χ1v) is 6.03. The summed E-state index contributed by atoms with van der Waals surface area (Å²) in [6.07, 6.45) is 1.62. The Bertz CT molecular complexity index is 296. The smallest absolute Gasteiger partial charge is 0.409 e. The van der Waals surface area contributed by atoms with Gasteiger partial charge in [0.05, 0.1) is 6.61 Å². The molecule has 1 heterocycles. The zero-order chi connectivity index (χ0) is 12.3. The van der Waals surface area contributed by atoms with Crippen LogP contribution in [0.5, 0.6) is 0 Å². The monoisotopic (exact) mass is 242 g/mol. The number of carbonyl (C=O) groups excluding carboxylic acids is 2. The third kappa shape index (κ3) is 3.09. The molecule has 0 aromatic carbocycles. The van der Waals surface area contributed by atoms with Crippen molar-refractivity contribution >= 4 is 12.0 Å². The summed E-state index contributed by atoms with van der Waals surface area (Å²) >= 11 is 0. The maximum Gasteiger partial charge on any atom is 0.409 e. The Morgan fingerprint density at radius 1 is 1.12 bits per heavy atom. The molecule has 0 radical (unpaired) electrons. The van der Waals surface area contributed by atoms with E-state index in [0.717, 1.165) is 12.8 Å². The number of carbonyl (C=O) groups is 2. The van der Waals surface area contributed by atoms with E-state index in [1.165, 1.54) is 0 Å². The second-order valence-electron chi connectivity index (χ2n) is 4.42. The van der Waals surface area contributed by atoms with E-state index in [4.69, 9.17) is 9.84 Å². The van der Waals surface area contributed by atoms with Gasteiger partial charge in [-0.3, -0.25) is 4.79 Å². The highest BCUT2D eigenvalue weighted by atomic mass is 16.6. The van der Waals surface area contributed by atoms with Gasteiger partial charge >= 0.3 is 6.09 Å². The van der Waals surface area contributed by atoms with Crippen molar-refractivity contribution in [2.24, 2.45) is 5.92 Å². The number of amides is 2. The Labute approximate surface area is 100 Å². The van der Waals surface area contributed by atoms with E-state index in [0.29, 0.717) is 26.2 Å². The van der Waals surface area contributed by atoms with Crippen molar-refractivity contribution < 1.29 is 19.4 Å². The number of hydrogen-bond acceptors (Lipinski definition) is 4. The van der Waals surface area contributed by atoms with Crippen LogP contribution in [0.25, 0.3) is 0 Å². The minimum absolute atomic E-state index is 0.0278. The molecule has 1 saturated heterocycles. The lowest BCUT2D eigenvalue weighted by atomic mass is 10.3. The van der Waals surface area contributed by atoms with Crippen LogP contribution in [0, 0.1) is 5.92 Å². The van der Waals surface area contributed by atoms with Crippen LogP contribution in [-0.2, 0) is 9.53 Å². The molecule has 0 atom stereocenters. The van der Waals surface area contributed by atoms with Gasteiger partial charge in [0.15, 0.2) is 0 Å². The summed E-state index contributed by atoms with van der Waals surface area (Å²) in [6.45, 7) is 2.07. The van der Waals surface area contributed by atoms with Crippen molar-refractivity contribution in [1.29, 1.82) is 0 Å². The first-order chi connectivity index (χ1) is 8.22. The molecule has 6 nitrogen and oxygen atoms in total. The lowest BCUT2D eigenvalue weighted by Gasteiger charge is -2.34. The Morgan fingerprint density at radius 3 is 2.24 bits per heavy atom. The molecule has 17 heavy (non-hydrogen) atoms. The topological polar surface area (TPSA) is 70.1 Å². The second kappa shape index (κ2) is 5.35. The van der Waals surface area contributed by atoms with Crippen molar-refractivity contribution in [3.05, 3.63) is 0 Å². The Balaban J connectivity index is 1.73. The maximum absolute atomic E-state index is 11.8. The molecule has 1 N–H and O–H groups in total. The van der Waals surface area contributed by atoms with Crippen LogP contribution in [0.2, 0.25) is 0 Å². The average Bonchev–Trinajstić information content (AvgIpc) is 3.19. The molecule has 0 bridgehead atoms. The molecule has 2 amide bonds. The molecule has 0 aromatic heterocycles. The van der Waals surface area contributed by atoms with E-state index in [2.05, 4.69) is 0 Å². The normalized spacial score (nSPS) is 20.3. The molecular formula is C11H18N2O4. The summed E-state index contributed by atoms with van der Waals surface area (Å²) in [7, 11) is 0. The Morgan fingerprint density at radius 2 is 1.71 bits per heavy atom. The Hall–Kier alpha value is -1.30. The summed E-state index contributed by atoms with van der Waals surface area (Å²) in [5.74, 6) is 0.469. The van der Waals surface area contributed by atoms with Crippen molar-refractivity contribution in [3.8, 4) is 0 Å². The van der Waals surface area contributed by atoms with E-state index in [1.54, 1.807) is 4.90 Å². The van der Waals surface area contributed by atoms with Crippen LogP contribution in [0.15, 0.2) is 0 Å². The third-order valence-corrected chi connectivity index (χ3v) is 3.09. The van der Waals surface area contributed by atoms with Gasteiger partial charge in [0.25, 0.3) is 0 Å². The quantitative estimate of drug-likeness (QED) is 0.735. The van der Waals surface area contributed by atoms with Gasteiger partial charge in [-0.05, 0) is 12.8 Å². The van der Waals surface area contributed by atoms with Crippen LogP contribution >= 0.6 is 0 Å². The molecule has 1 aliphatic heterocycles. The molecular weight excluding hydrogens is 224 g/mol. The minimum Gasteiger partial charge on any atom is -0.447 e. The lowest BCUT2D eigenvalue weighted by molar-refractivity contribution is -0.134. The summed E-state index contributed by atoms with van der Waals surface area (Å²) in [6, 6.07) is 0. The van der Waals surface area contributed by atoms with Crippen molar-refractivity contribution in [1.82, 2.24) is 9.80 Å². The highest BCUT2D eigenvalue weighted by molar-refractivity contribution is 5.81. The van der Waals surface area contributed by atoms with Crippen LogP contribution < -0.4 is 0 Å². The third-order valence-electron chi connectivity index (χ3n) is 3.09. The van der Waals surface area contributed by atoms with E-state index >= 15 is 0 Å². The highest BCUT2D eigenvalue weighted by Gasteiger charge is 2.35. The largest absolute Gasteiger partial charge is 0.447 e. The molecule has 0 spiro atoms. The summed E-state index contributed by atoms with van der Waals surface area (Å²) in [5.41, 5.74) is 0. The second-order valence-corrected chi connectivity index (χ2v) is 4.42. The standard InChI is InChI=1S/C11H18N2O4/c14-7-8-17-11(16)13-5-3-12(4-6-13)10(15)9-1-2-9/h9,14H,1-8H2. The number of nitrogens with zero attached hydrogens (tertiary/aromatic N) is 2. The highest BCUT2D eigenvalue weighted by Crippen LogP contribution is 2.31. The molecule has 2 aliphatic rings. The van der Waals surface area contributed by atoms with Crippen LogP contribution in [0.3, 0.4) is 0 Å². The van der Waals surface area contributed by atoms with E-state index < -0.39 is 6.09 Å². The number of aliphatic hydroxyl groups excluding tert-OH is 1.